The van der Waals surface area contributed by atoms with Crippen LogP contribution in [-0.2, 0) is 4.79 Å². The summed E-state index contributed by atoms with van der Waals surface area (Å²) in [5, 5.41) is 17.9. The Morgan fingerprint density at radius 2 is 2.00 bits per heavy atom. The van der Waals surface area contributed by atoms with E-state index in [4.69, 9.17) is 5.11 Å². The van der Waals surface area contributed by atoms with Gasteiger partial charge in [-0.2, -0.15) is 0 Å². The van der Waals surface area contributed by atoms with E-state index < -0.39 is 12.1 Å². The Hall–Kier alpha value is -1.35. The van der Waals surface area contributed by atoms with Crippen LogP contribution in [0.1, 0.15) is 22.8 Å². The van der Waals surface area contributed by atoms with Crippen molar-refractivity contribution in [2.75, 3.05) is 0 Å². The molecule has 0 saturated carbocycles. The molecule has 0 aromatic heterocycles. The van der Waals surface area contributed by atoms with Crippen molar-refractivity contribution in [2.24, 2.45) is 0 Å². The minimum absolute atomic E-state index is 0.465. The zero-order valence-electron chi connectivity index (χ0n) is 7.61. The molecule has 0 bridgehead atoms. The second-order valence-electron chi connectivity index (χ2n) is 3.10. The number of hydrogen-bond acceptors (Lipinski definition) is 2. The van der Waals surface area contributed by atoms with Crippen LogP contribution < -0.4 is 0 Å². The molecule has 0 spiro atoms. The Bertz CT molecular complexity index is 331. The minimum atomic E-state index is -1.42. The molecule has 1 aromatic carbocycles. The van der Waals surface area contributed by atoms with Gasteiger partial charge < -0.3 is 10.2 Å². The van der Waals surface area contributed by atoms with Crippen molar-refractivity contribution in [1.29, 1.82) is 0 Å². The van der Waals surface area contributed by atoms with Gasteiger partial charge in [-0.15, -0.1) is 0 Å². The molecular formula is C10H12O3. The van der Waals surface area contributed by atoms with Crippen LogP contribution in [0.2, 0.25) is 0 Å². The van der Waals surface area contributed by atoms with Gasteiger partial charge in [0.1, 0.15) is 0 Å². The number of hydrogen-bond donors (Lipinski definition) is 2. The highest BCUT2D eigenvalue weighted by Crippen LogP contribution is 2.18. The van der Waals surface area contributed by atoms with Gasteiger partial charge in [-0.05, 0) is 25.0 Å². The Kier molecular flexibility index (Phi) is 2.68. The number of aliphatic hydroxyl groups is 1. The van der Waals surface area contributed by atoms with E-state index in [0.29, 0.717) is 5.56 Å². The fraction of sp³-hybridized carbons (Fsp3) is 0.300. The number of aryl methyl sites for hydroxylation is 2. The van der Waals surface area contributed by atoms with Gasteiger partial charge in [-0.25, -0.2) is 4.79 Å². The average molecular weight is 180 g/mol. The van der Waals surface area contributed by atoms with Crippen molar-refractivity contribution >= 4 is 5.97 Å². The third kappa shape index (κ3) is 2.06. The number of carboxylic acids is 1. The molecule has 1 aromatic rings. The standard InChI is InChI=1S/C10H12O3/c1-6-3-4-7(2)8(5-6)9(11)10(12)13/h3-5,9,11H,1-2H3,(H,12,13)/t9-/m0/s1. The highest BCUT2D eigenvalue weighted by Gasteiger charge is 2.17. The molecule has 1 rings (SSSR count). The molecule has 3 heteroatoms. The van der Waals surface area contributed by atoms with Crippen LogP contribution in [0.3, 0.4) is 0 Å². The molecular weight excluding hydrogens is 168 g/mol. The zero-order chi connectivity index (χ0) is 10.0. The Morgan fingerprint density at radius 3 is 2.54 bits per heavy atom. The monoisotopic (exact) mass is 180 g/mol. The summed E-state index contributed by atoms with van der Waals surface area (Å²) in [4.78, 5) is 10.5. The van der Waals surface area contributed by atoms with Gasteiger partial charge in [0.05, 0.1) is 0 Å². The van der Waals surface area contributed by atoms with Crippen LogP contribution in [0.25, 0.3) is 0 Å². The van der Waals surface area contributed by atoms with Gasteiger partial charge in [0.2, 0.25) is 0 Å². The third-order valence-electron chi connectivity index (χ3n) is 1.96. The average Bonchev–Trinajstić information content (AvgIpc) is 2.08. The van der Waals surface area contributed by atoms with Crippen molar-refractivity contribution in [1.82, 2.24) is 0 Å². The number of aliphatic carboxylic acids is 1. The van der Waals surface area contributed by atoms with Crippen molar-refractivity contribution in [3.63, 3.8) is 0 Å². The van der Waals surface area contributed by atoms with Crippen LogP contribution >= 0.6 is 0 Å². The van der Waals surface area contributed by atoms with Crippen molar-refractivity contribution < 1.29 is 15.0 Å². The summed E-state index contributed by atoms with van der Waals surface area (Å²) in [6, 6.07) is 5.37. The molecule has 0 aliphatic carbocycles. The van der Waals surface area contributed by atoms with E-state index in [-0.39, 0.29) is 0 Å². The van der Waals surface area contributed by atoms with Crippen molar-refractivity contribution in [2.45, 2.75) is 20.0 Å². The van der Waals surface area contributed by atoms with Gasteiger partial charge in [0, 0.05) is 0 Å². The molecule has 2 N–H and O–H groups in total. The maximum atomic E-state index is 10.5. The maximum absolute atomic E-state index is 10.5. The largest absolute Gasteiger partial charge is 0.479 e. The predicted octanol–water partition coefficient (Wildman–Crippen LogP) is 1.42. The highest BCUT2D eigenvalue weighted by molar-refractivity contribution is 5.74. The first-order valence-electron chi connectivity index (χ1n) is 4.00. The number of benzene rings is 1. The highest BCUT2D eigenvalue weighted by atomic mass is 16.4. The quantitative estimate of drug-likeness (QED) is 0.723. The summed E-state index contributed by atoms with van der Waals surface area (Å²) in [6.07, 6.45) is -1.42. The third-order valence-corrected chi connectivity index (χ3v) is 1.96. The van der Waals surface area contributed by atoms with E-state index in [0.717, 1.165) is 11.1 Å². The smallest absolute Gasteiger partial charge is 0.337 e. The molecule has 13 heavy (non-hydrogen) atoms. The van der Waals surface area contributed by atoms with Gasteiger partial charge in [-0.3, -0.25) is 0 Å². The summed E-state index contributed by atoms with van der Waals surface area (Å²) < 4.78 is 0. The lowest BCUT2D eigenvalue weighted by Gasteiger charge is -2.09. The van der Waals surface area contributed by atoms with Crippen LogP contribution in [0.4, 0.5) is 0 Å². The van der Waals surface area contributed by atoms with E-state index >= 15 is 0 Å². The number of aliphatic hydroxyl groups excluding tert-OH is 1. The van der Waals surface area contributed by atoms with E-state index in [1.165, 1.54) is 0 Å². The lowest BCUT2D eigenvalue weighted by atomic mass is 10.0. The van der Waals surface area contributed by atoms with Gasteiger partial charge in [0.25, 0.3) is 0 Å². The molecule has 3 nitrogen and oxygen atoms in total. The second-order valence-corrected chi connectivity index (χ2v) is 3.10. The van der Waals surface area contributed by atoms with Gasteiger partial charge in [-0.1, -0.05) is 23.8 Å². The molecule has 0 fully saturated rings. The first kappa shape index (κ1) is 9.74. The predicted molar refractivity (Wildman–Crippen MR) is 48.5 cm³/mol. The summed E-state index contributed by atoms with van der Waals surface area (Å²) in [5.74, 6) is -1.21. The topological polar surface area (TPSA) is 57.5 Å². The number of carboxylic acid groups (broad SMARTS) is 1. The number of carbonyl (C=O) groups is 1. The SMILES string of the molecule is Cc1ccc(C)c([C@H](O)C(=O)O)c1. The Balaban J connectivity index is 3.12. The molecule has 1 atom stereocenters. The lowest BCUT2D eigenvalue weighted by Crippen LogP contribution is -2.11. The van der Waals surface area contributed by atoms with E-state index in [9.17, 15) is 9.90 Å². The van der Waals surface area contributed by atoms with E-state index in [1.54, 1.807) is 19.1 Å². The van der Waals surface area contributed by atoms with Crippen LogP contribution in [-0.4, -0.2) is 16.2 Å². The maximum Gasteiger partial charge on any atom is 0.337 e. The molecule has 0 heterocycles. The summed E-state index contributed by atoms with van der Waals surface area (Å²) in [5.41, 5.74) is 2.20. The molecule has 0 aliphatic heterocycles. The normalized spacial score (nSPS) is 12.5. The lowest BCUT2D eigenvalue weighted by molar-refractivity contribution is -0.147. The van der Waals surface area contributed by atoms with Crippen LogP contribution in [0, 0.1) is 13.8 Å². The number of rotatable bonds is 2. The fourth-order valence-corrected chi connectivity index (χ4v) is 1.19. The molecule has 0 amide bonds. The van der Waals surface area contributed by atoms with Crippen LogP contribution in [0.5, 0.6) is 0 Å². The zero-order valence-corrected chi connectivity index (χ0v) is 7.61. The van der Waals surface area contributed by atoms with Gasteiger partial charge in [0.15, 0.2) is 6.10 Å². The molecule has 0 radical (unpaired) electrons. The second kappa shape index (κ2) is 3.58. The van der Waals surface area contributed by atoms with Crippen LogP contribution in [0.15, 0.2) is 18.2 Å². The Morgan fingerprint density at radius 1 is 1.38 bits per heavy atom. The van der Waals surface area contributed by atoms with Gasteiger partial charge >= 0.3 is 5.97 Å². The molecule has 70 valence electrons. The molecule has 0 saturated heterocycles. The summed E-state index contributed by atoms with van der Waals surface area (Å²) >= 11 is 0. The summed E-state index contributed by atoms with van der Waals surface area (Å²) in [7, 11) is 0. The first-order chi connectivity index (χ1) is 6.02. The Labute approximate surface area is 76.6 Å². The minimum Gasteiger partial charge on any atom is -0.479 e. The first-order valence-corrected chi connectivity index (χ1v) is 4.00. The van der Waals surface area contributed by atoms with Crippen molar-refractivity contribution in [3.05, 3.63) is 34.9 Å². The van der Waals surface area contributed by atoms with Crippen molar-refractivity contribution in [3.8, 4) is 0 Å². The van der Waals surface area contributed by atoms with E-state index in [1.807, 2.05) is 13.0 Å². The molecule has 0 aliphatic rings. The van der Waals surface area contributed by atoms with E-state index in [2.05, 4.69) is 0 Å². The fourth-order valence-electron chi connectivity index (χ4n) is 1.19. The summed E-state index contributed by atoms with van der Waals surface area (Å²) in [6.45, 7) is 3.64. The molecule has 0 unspecified atom stereocenters.